The molecule has 1 heterocycles. The normalized spacial score (nSPS) is 27.7. The molecule has 1 aliphatic heterocycles. The summed E-state index contributed by atoms with van der Waals surface area (Å²) in [7, 11) is 0. The van der Waals surface area contributed by atoms with Crippen LogP contribution in [0, 0.1) is 0 Å². The summed E-state index contributed by atoms with van der Waals surface area (Å²) < 4.78 is 0. The maximum atomic E-state index is 5.70. The van der Waals surface area contributed by atoms with Crippen molar-refractivity contribution in [3.8, 4) is 0 Å². The van der Waals surface area contributed by atoms with E-state index in [-0.39, 0.29) is 0 Å². The van der Waals surface area contributed by atoms with Gasteiger partial charge in [-0.1, -0.05) is 12.5 Å². The Morgan fingerprint density at radius 3 is 2.75 bits per heavy atom. The first-order chi connectivity index (χ1) is 7.69. The molecular weight excluding hydrogens is 236 g/mol. The predicted octanol–water partition coefficient (Wildman–Crippen LogP) is 2.80. The molecule has 0 bridgehead atoms. The SMILES string of the molecule is C=C(C)CCC(NN)C1SCCSC1CC. The number of rotatable bonds is 6. The fourth-order valence-electron chi connectivity index (χ4n) is 2.06. The Bertz CT molecular complexity index is 221. The summed E-state index contributed by atoms with van der Waals surface area (Å²) in [6.45, 7) is 8.34. The fourth-order valence-corrected chi connectivity index (χ4v) is 5.34. The van der Waals surface area contributed by atoms with Gasteiger partial charge in [0, 0.05) is 28.0 Å². The summed E-state index contributed by atoms with van der Waals surface area (Å²) in [6, 6.07) is 0.430. The smallest absolute Gasteiger partial charge is 0.0343 e. The lowest BCUT2D eigenvalue weighted by atomic mass is 10.0. The third kappa shape index (κ3) is 4.32. The highest BCUT2D eigenvalue weighted by molar-refractivity contribution is 8.07. The molecule has 2 nitrogen and oxygen atoms in total. The third-order valence-corrected chi connectivity index (χ3v) is 6.39. The number of allylic oxidation sites excluding steroid dienone is 1. The Morgan fingerprint density at radius 2 is 2.19 bits per heavy atom. The van der Waals surface area contributed by atoms with Crippen molar-refractivity contribution in [2.24, 2.45) is 5.84 Å². The van der Waals surface area contributed by atoms with Crippen LogP contribution in [0.5, 0.6) is 0 Å². The highest BCUT2D eigenvalue weighted by atomic mass is 32.2. The molecule has 1 rings (SSSR count). The lowest BCUT2D eigenvalue weighted by Crippen LogP contribution is -2.48. The minimum absolute atomic E-state index is 0.430. The summed E-state index contributed by atoms with van der Waals surface area (Å²) >= 11 is 4.20. The van der Waals surface area contributed by atoms with Crippen molar-refractivity contribution in [3.05, 3.63) is 12.2 Å². The van der Waals surface area contributed by atoms with Crippen LogP contribution in [0.3, 0.4) is 0 Å². The second kappa shape index (κ2) is 7.64. The van der Waals surface area contributed by atoms with Gasteiger partial charge in [-0.25, -0.2) is 0 Å². The molecule has 3 N–H and O–H groups in total. The van der Waals surface area contributed by atoms with Crippen molar-refractivity contribution in [2.45, 2.75) is 49.7 Å². The predicted molar refractivity (Wildman–Crippen MR) is 77.9 cm³/mol. The Hall–Kier alpha value is 0.360. The average molecular weight is 260 g/mol. The van der Waals surface area contributed by atoms with Gasteiger partial charge in [0.15, 0.2) is 0 Å². The van der Waals surface area contributed by atoms with Crippen LogP contribution in [0.25, 0.3) is 0 Å². The Morgan fingerprint density at radius 1 is 1.50 bits per heavy atom. The van der Waals surface area contributed by atoms with E-state index >= 15 is 0 Å². The number of hydrogen-bond acceptors (Lipinski definition) is 4. The molecule has 1 fully saturated rings. The molecule has 3 unspecified atom stereocenters. The highest BCUT2D eigenvalue weighted by Gasteiger charge is 2.31. The van der Waals surface area contributed by atoms with Gasteiger partial charge in [0.2, 0.25) is 0 Å². The minimum Gasteiger partial charge on any atom is -0.271 e. The molecule has 0 aromatic heterocycles. The largest absolute Gasteiger partial charge is 0.271 e. The number of nitrogens with two attached hydrogens (primary N) is 1. The molecule has 1 saturated heterocycles. The van der Waals surface area contributed by atoms with Crippen LogP contribution in [-0.2, 0) is 0 Å². The minimum atomic E-state index is 0.430. The topological polar surface area (TPSA) is 38.0 Å². The molecule has 0 aromatic carbocycles. The van der Waals surface area contributed by atoms with E-state index in [1.165, 1.54) is 23.5 Å². The Kier molecular flexibility index (Phi) is 6.89. The van der Waals surface area contributed by atoms with E-state index in [0.717, 1.165) is 18.1 Å². The van der Waals surface area contributed by atoms with Gasteiger partial charge in [0.1, 0.15) is 0 Å². The van der Waals surface area contributed by atoms with Crippen molar-refractivity contribution >= 4 is 23.5 Å². The van der Waals surface area contributed by atoms with Crippen molar-refractivity contribution < 1.29 is 0 Å². The molecule has 0 aliphatic carbocycles. The van der Waals surface area contributed by atoms with Crippen molar-refractivity contribution in [1.29, 1.82) is 0 Å². The second-order valence-corrected chi connectivity index (χ2v) is 7.05. The van der Waals surface area contributed by atoms with Crippen molar-refractivity contribution in [2.75, 3.05) is 11.5 Å². The van der Waals surface area contributed by atoms with E-state index in [2.05, 4.69) is 49.4 Å². The van der Waals surface area contributed by atoms with Crippen LogP contribution in [0.4, 0.5) is 0 Å². The molecule has 0 amide bonds. The molecule has 1 aliphatic rings. The van der Waals surface area contributed by atoms with Gasteiger partial charge in [-0.2, -0.15) is 23.5 Å². The number of hydrogen-bond donors (Lipinski definition) is 2. The van der Waals surface area contributed by atoms with E-state index < -0.39 is 0 Å². The molecule has 3 atom stereocenters. The quantitative estimate of drug-likeness (QED) is 0.437. The summed E-state index contributed by atoms with van der Waals surface area (Å²) in [4.78, 5) is 0. The Labute approximate surface area is 108 Å². The summed E-state index contributed by atoms with van der Waals surface area (Å²) in [5.41, 5.74) is 4.27. The molecular formula is C12H24N2S2. The molecule has 0 saturated carbocycles. The van der Waals surface area contributed by atoms with Crippen LogP contribution in [0.1, 0.15) is 33.1 Å². The van der Waals surface area contributed by atoms with Crippen molar-refractivity contribution in [1.82, 2.24) is 5.43 Å². The lowest BCUT2D eigenvalue weighted by Gasteiger charge is -2.35. The first-order valence-corrected chi connectivity index (χ1v) is 8.12. The van der Waals surface area contributed by atoms with Crippen LogP contribution in [-0.4, -0.2) is 28.0 Å². The monoisotopic (exact) mass is 260 g/mol. The number of hydrazine groups is 1. The maximum absolute atomic E-state index is 5.70. The van der Waals surface area contributed by atoms with Crippen LogP contribution in [0.15, 0.2) is 12.2 Å². The van der Waals surface area contributed by atoms with Crippen LogP contribution in [0.2, 0.25) is 0 Å². The summed E-state index contributed by atoms with van der Waals surface area (Å²) in [5.74, 6) is 8.25. The van der Waals surface area contributed by atoms with Gasteiger partial charge in [0.25, 0.3) is 0 Å². The van der Waals surface area contributed by atoms with E-state index in [4.69, 9.17) is 5.84 Å². The average Bonchev–Trinajstić information content (AvgIpc) is 2.30. The first-order valence-electron chi connectivity index (χ1n) is 6.02. The molecule has 94 valence electrons. The van der Waals surface area contributed by atoms with Gasteiger partial charge >= 0.3 is 0 Å². The van der Waals surface area contributed by atoms with Gasteiger partial charge in [-0.3, -0.25) is 11.3 Å². The summed E-state index contributed by atoms with van der Waals surface area (Å²) in [6.07, 6.45) is 3.43. The number of nitrogens with one attached hydrogen (secondary N) is 1. The summed E-state index contributed by atoms with van der Waals surface area (Å²) in [5, 5.41) is 1.41. The van der Waals surface area contributed by atoms with Gasteiger partial charge < -0.3 is 0 Å². The van der Waals surface area contributed by atoms with Crippen molar-refractivity contribution in [3.63, 3.8) is 0 Å². The second-order valence-electron chi connectivity index (χ2n) is 4.42. The van der Waals surface area contributed by atoms with Gasteiger partial charge in [0.05, 0.1) is 0 Å². The fraction of sp³-hybridized carbons (Fsp3) is 0.833. The van der Waals surface area contributed by atoms with E-state index in [0.29, 0.717) is 11.3 Å². The van der Waals surface area contributed by atoms with Gasteiger partial charge in [-0.05, 0) is 26.2 Å². The molecule has 0 aromatic rings. The Balaban J connectivity index is 2.51. The molecule has 0 radical (unpaired) electrons. The van der Waals surface area contributed by atoms with Crippen LogP contribution < -0.4 is 11.3 Å². The van der Waals surface area contributed by atoms with Gasteiger partial charge in [-0.15, -0.1) is 6.58 Å². The van der Waals surface area contributed by atoms with E-state index in [9.17, 15) is 0 Å². The zero-order chi connectivity index (χ0) is 12.0. The highest BCUT2D eigenvalue weighted by Crippen LogP contribution is 2.36. The molecule has 0 spiro atoms. The zero-order valence-corrected chi connectivity index (χ0v) is 12.0. The third-order valence-electron chi connectivity index (χ3n) is 2.99. The zero-order valence-electron chi connectivity index (χ0n) is 10.4. The van der Waals surface area contributed by atoms with Crippen LogP contribution >= 0.6 is 23.5 Å². The maximum Gasteiger partial charge on any atom is 0.0343 e. The molecule has 16 heavy (non-hydrogen) atoms. The van der Waals surface area contributed by atoms with E-state index in [1.54, 1.807) is 0 Å². The standard InChI is InChI=1S/C12H24N2S2/c1-4-11-12(16-8-7-15-11)10(14-13)6-5-9(2)3/h10-12,14H,2,4-8,13H2,1,3H3. The lowest BCUT2D eigenvalue weighted by molar-refractivity contribution is 0.464. The van der Waals surface area contributed by atoms with E-state index in [1.807, 2.05) is 0 Å². The number of thioether (sulfide) groups is 2. The first kappa shape index (κ1) is 14.4. The molecule has 4 heteroatoms.